The van der Waals surface area contributed by atoms with E-state index in [2.05, 4.69) is 0 Å². The molecule has 0 saturated heterocycles. The summed E-state index contributed by atoms with van der Waals surface area (Å²) in [4.78, 5) is 27.4. The third-order valence-electron chi connectivity index (χ3n) is 4.31. The van der Waals surface area contributed by atoms with Gasteiger partial charge in [-0.15, -0.1) is 0 Å². The van der Waals surface area contributed by atoms with Crippen LogP contribution in [0.5, 0.6) is 0 Å². The van der Waals surface area contributed by atoms with Crippen LogP contribution in [0.4, 0.5) is 0 Å². The van der Waals surface area contributed by atoms with Crippen LogP contribution >= 0.6 is 0 Å². The Kier molecular flexibility index (Phi) is 3.86. The molecule has 0 aromatic carbocycles. The van der Waals surface area contributed by atoms with Crippen LogP contribution in [-0.2, 0) is 0 Å². The number of carbonyl (C=O) groups excluding carboxylic acids is 1. The lowest BCUT2D eigenvalue weighted by Crippen LogP contribution is -2.31. The van der Waals surface area contributed by atoms with Crippen molar-refractivity contribution in [1.29, 1.82) is 0 Å². The maximum absolute atomic E-state index is 12.4. The minimum atomic E-state index is -0.715. The summed E-state index contributed by atoms with van der Waals surface area (Å²) in [6, 6.07) is 4.99. The topological polar surface area (TPSA) is 77.5 Å². The van der Waals surface area contributed by atoms with E-state index >= 15 is 0 Å². The minimum absolute atomic E-state index is 0.202. The number of aromatic nitrogens is 1. The van der Waals surface area contributed by atoms with E-state index in [0.29, 0.717) is 11.9 Å². The van der Waals surface area contributed by atoms with Crippen LogP contribution in [0.1, 0.15) is 43.3 Å². The lowest BCUT2D eigenvalue weighted by molar-refractivity contribution is -0.497. The molecule has 0 spiro atoms. The third-order valence-corrected chi connectivity index (χ3v) is 4.31. The second-order valence-corrected chi connectivity index (χ2v) is 5.88. The van der Waals surface area contributed by atoms with Crippen LogP contribution in [-0.4, -0.2) is 27.5 Å². The quantitative estimate of drug-likeness (QED) is 0.631. The van der Waals surface area contributed by atoms with Crippen LogP contribution in [0, 0.1) is 16.0 Å². The number of nitro groups is 1. The number of hydrogen-bond donors (Lipinski definition) is 0. The summed E-state index contributed by atoms with van der Waals surface area (Å²) in [7, 11) is 0. The molecular weight excluding hydrogens is 270 g/mol. The Balaban J connectivity index is 1.84. The molecule has 2 aliphatic carbocycles. The van der Waals surface area contributed by atoms with E-state index < -0.39 is 12.0 Å². The van der Waals surface area contributed by atoms with E-state index in [9.17, 15) is 14.9 Å². The Morgan fingerprint density at radius 1 is 1.29 bits per heavy atom. The molecule has 2 aliphatic rings. The van der Waals surface area contributed by atoms with Crippen LogP contribution in [0.25, 0.3) is 0 Å². The van der Waals surface area contributed by atoms with Crippen molar-refractivity contribution in [2.45, 2.75) is 50.6 Å². The van der Waals surface area contributed by atoms with Crippen molar-refractivity contribution in [3.8, 4) is 0 Å². The van der Waals surface area contributed by atoms with Gasteiger partial charge in [0.1, 0.15) is 11.4 Å². The second kappa shape index (κ2) is 5.79. The van der Waals surface area contributed by atoms with E-state index in [1.165, 1.54) is 23.8 Å². The van der Waals surface area contributed by atoms with Gasteiger partial charge < -0.3 is 0 Å². The Bertz CT molecular complexity index is 617. The summed E-state index contributed by atoms with van der Waals surface area (Å²) in [5, 5.41) is 10.7. The zero-order chi connectivity index (χ0) is 14.8. The molecule has 2 unspecified atom stereocenters. The molecule has 0 N–H and O–H groups in total. The molecular formula is C15H19N3O3. The minimum Gasteiger partial charge on any atom is -0.273 e. The van der Waals surface area contributed by atoms with Crippen molar-refractivity contribution < 1.29 is 9.72 Å². The van der Waals surface area contributed by atoms with Crippen LogP contribution in [0.2, 0.25) is 0 Å². The highest BCUT2D eigenvalue weighted by atomic mass is 16.6. The van der Waals surface area contributed by atoms with Crippen molar-refractivity contribution >= 4 is 5.91 Å². The molecule has 2 saturated carbocycles. The highest BCUT2D eigenvalue weighted by Gasteiger charge is 2.53. The van der Waals surface area contributed by atoms with Crippen molar-refractivity contribution in [3.05, 3.63) is 40.0 Å². The summed E-state index contributed by atoms with van der Waals surface area (Å²) < 4.78 is 1.49. The first-order valence-electron chi connectivity index (χ1n) is 7.56. The predicted octanol–water partition coefficient (Wildman–Crippen LogP) is 2.03. The molecule has 6 heteroatoms. The van der Waals surface area contributed by atoms with Gasteiger partial charge in [-0.05, 0) is 25.0 Å². The van der Waals surface area contributed by atoms with Gasteiger partial charge in [-0.25, -0.2) is 0 Å². The summed E-state index contributed by atoms with van der Waals surface area (Å²) in [5.41, 5.74) is 0.628. The first kappa shape index (κ1) is 14.0. The monoisotopic (exact) mass is 289 g/mol. The first-order chi connectivity index (χ1) is 10.2. The van der Waals surface area contributed by atoms with Crippen LogP contribution < -0.4 is 5.49 Å². The maximum Gasteiger partial charge on any atom is 0.242 e. The van der Waals surface area contributed by atoms with Crippen molar-refractivity contribution in [1.82, 2.24) is 4.57 Å². The molecule has 0 bridgehead atoms. The normalized spacial score (nSPS) is 26.6. The molecule has 0 aliphatic heterocycles. The number of hydrogen-bond acceptors (Lipinski definition) is 4. The zero-order valence-corrected chi connectivity index (χ0v) is 11.9. The molecule has 2 fully saturated rings. The maximum atomic E-state index is 12.4. The molecule has 3 rings (SSSR count). The zero-order valence-electron chi connectivity index (χ0n) is 11.9. The van der Waals surface area contributed by atoms with E-state index in [-0.39, 0.29) is 16.9 Å². The largest absolute Gasteiger partial charge is 0.273 e. The number of rotatable bonds is 3. The fourth-order valence-electron chi connectivity index (χ4n) is 2.98. The summed E-state index contributed by atoms with van der Waals surface area (Å²) in [6.07, 6.45) is 7.75. The lowest BCUT2D eigenvalue weighted by Gasteiger charge is -2.17. The molecule has 2 atom stereocenters. The number of carbonyl (C=O) groups is 1. The van der Waals surface area contributed by atoms with Gasteiger partial charge in [0, 0.05) is 17.5 Å². The molecule has 1 heterocycles. The molecule has 1 aromatic rings. The fourth-order valence-corrected chi connectivity index (χ4v) is 2.98. The first-order valence-corrected chi connectivity index (χ1v) is 7.56. The van der Waals surface area contributed by atoms with E-state index in [0.717, 1.165) is 12.8 Å². The van der Waals surface area contributed by atoms with E-state index in [1.54, 1.807) is 12.3 Å². The molecule has 0 radical (unpaired) electrons. The van der Waals surface area contributed by atoms with Crippen molar-refractivity contribution in [2.75, 3.05) is 0 Å². The SMILES string of the molecule is O=C(C1CC1[N+](=O)[O-])n1ccccc1=NC1CCCCC1. The van der Waals surface area contributed by atoms with E-state index in [4.69, 9.17) is 4.99 Å². The van der Waals surface area contributed by atoms with Crippen molar-refractivity contribution in [3.63, 3.8) is 0 Å². The van der Waals surface area contributed by atoms with Gasteiger partial charge in [0.2, 0.25) is 11.9 Å². The van der Waals surface area contributed by atoms with Gasteiger partial charge in [0.05, 0.1) is 6.04 Å². The number of pyridine rings is 1. The van der Waals surface area contributed by atoms with Gasteiger partial charge in [-0.1, -0.05) is 25.3 Å². The molecule has 112 valence electrons. The molecule has 21 heavy (non-hydrogen) atoms. The van der Waals surface area contributed by atoms with Crippen LogP contribution in [0.15, 0.2) is 29.4 Å². The van der Waals surface area contributed by atoms with Crippen LogP contribution in [0.3, 0.4) is 0 Å². The standard InChI is InChI=1S/C15H19N3O3/c19-15(12-10-13(12)18(20)21)17-9-5-4-8-14(17)16-11-6-2-1-3-7-11/h4-5,8-9,11-13H,1-3,6-7,10H2. The Morgan fingerprint density at radius 3 is 2.71 bits per heavy atom. The van der Waals surface area contributed by atoms with Crippen molar-refractivity contribution in [2.24, 2.45) is 10.9 Å². The van der Waals surface area contributed by atoms with Gasteiger partial charge >= 0.3 is 0 Å². The highest BCUT2D eigenvalue weighted by Crippen LogP contribution is 2.34. The lowest BCUT2D eigenvalue weighted by atomic mass is 9.96. The molecule has 0 amide bonds. The fraction of sp³-hybridized carbons (Fsp3) is 0.600. The molecule has 1 aromatic heterocycles. The summed E-state index contributed by atoms with van der Waals surface area (Å²) >= 11 is 0. The number of nitrogens with zero attached hydrogens (tertiary/aromatic N) is 3. The second-order valence-electron chi connectivity index (χ2n) is 5.88. The summed E-state index contributed by atoms with van der Waals surface area (Å²) in [5.74, 6) is -0.695. The van der Waals surface area contributed by atoms with E-state index in [1.807, 2.05) is 12.1 Å². The highest BCUT2D eigenvalue weighted by molar-refractivity contribution is 5.84. The Morgan fingerprint density at radius 2 is 2.05 bits per heavy atom. The van der Waals surface area contributed by atoms with Gasteiger partial charge in [-0.3, -0.25) is 24.5 Å². The van der Waals surface area contributed by atoms with Gasteiger partial charge in [0.15, 0.2) is 0 Å². The Hall–Kier alpha value is -1.98. The van der Waals surface area contributed by atoms with Gasteiger partial charge in [-0.2, -0.15) is 0 Å². The smallest absolute Gasteiger partial charge is 0.242 e. The predicted molar refractivity (Wildman–Crippen MR) is 76.4 cm³/mol. The molecule has 6 nitrogen and oxygen atoms in total. The average Bonchev–Trinajstić information content (AvgIpc) is 3.29. The third kappa shape index (κ3) is 3.04. The summed E-state index contributed by atoms with van der Waals surface area (Å²) in [6.45, 7) is 0. The Labute approximate surface area is 122 Å². The van der Waals surface area contributed by atoms with Gasteiger partial charge in [0.25, 0.3) is 0 Å². The average molecular weight is 289 g/mol.